The summed E-state index contributed by atoms with van der Waals surface area (Å²) in [5.74, 6) is 3.24. The van der Waals surface area contributed by atoms with Gasteiger partial charge in [0.2, 0.25) is 0 Å². The average molecular weight is 373 g/mol. The van der Waals surface area contributed by atoms with E-state index in [1.54, 1.807) is 0 Å². The fraction of sp³-hybridized carbons (Fsp3) is 1.00. The lowest BCUT2D eigenvalue weighted by molar-refractivity contribution is -0.0237. The molecule has 0 amide bonds. The first-order chi connectivity index (χ1) is 12.4. The maximum Gasteiger partial charge on any atom is 0.104 e. The Hall–Kier alpha value is -0.120. The predicted octanol–water partition coefficient (Wildman–Crippen LogP) is 5.82. The van der Waals surface area contributed by atoms with Gasteiger partial charge in [-0.2, -0.15) is 0 Å². The smallest absolute Gasteiger partial charge is 0.104 e. The second-order valence-electron chi connectivity index (χ2n) is 9.15. The van der Waals surface area contributed by atoms with E-state index in [4.69, 9.17) is 14.9 Å². The van der Waals surface area contributed by atoms with Crippen LogP contribution in [0.25, 0.3) is 0 Å². The Labute approximate surface area is 163 Å². The van der Waals surface area contributed by atoms with E-state index >= 15 is 0 Å². The van der Waals surface area contributed by atoms with Gasteiger partial charge < -0.3 is 14.9 Å². The summed E-state index contributed by atoms with van der Waals surface area (Å²) in [6, 6.07) is 0. The third-order valence-corrected chi connectivity index (χ3v) is 5.64. The topological polar surface area (TPSA) is 49.7 Å². The summed E-state index contributed by atoms with van der Waals surface area (Å²) in [4.78, 5) is 0. The molecule has 0 fully saturated rings. The summed E-state index contributed by atoms with van der Waals surface area (Å²) < 4.78 is 5.45. The summed E-state index contributed by atoms with van der Waals surface area (Å²) in [5, 5.41) is 18.0. The highest BCUT2D eigenvalue weighted by Gasteiger charge is 2.10. The molecule has 26 heavy (non-hydrogen) atoms. The Morgan fingerprint density at radius 1 is 0.577 bits per heavy atom. The minimum absolute atomic E-state index is 0.0985. The van der Waals surface area contributed by atoms with Crippen LogP contribution in [0.4, 0.5) is 0 Å². The Morgan fingerprint density at radius 3 is 1.35 bits per heavy atom. The predicted molar refractivity (Wildman–Crippen MR) is 112 cm³/mol. The third kappa shape index (κ3) is 16.1. The molecule has 0 aromatic carbocycles. The first-order valence-electron chi connectivity index (χ1n) is 11.2. The van der Waals surface area contributed by atoms with Crippen LogP contribution in [0.3, 0.4) is 0 Å². The first kappa shape index (κ1) is 25.9. The molecular formula is C23H48O3. The monoisotopic (exact) mass is 372 g/mol. The van der Waals surface area contributed by atoms with Crippen LogP contribution < -0.4 is 0 Å². The molecule has 3 atom stereocenters. The molecule has 0 saturated carbocycles. The van der Waals surface area contributed by atoms with Gasteiger partial charge in [-0.25, -0.2) is 0 Å². The van der Waals surface area contributed by atoms with E-state index in [1.807, 2.05) is 0 Å². The van der Waals surface area contributed by atoms with Gasteiger partial charge in [0, 0.05) is 6.61 Å². The van der Waals surface area contributed by atoms with Crippen molar-refractivity contribution in [3.8, 4) is 0 Å². The number of hydrogen-bond donors (Lipinski definition) is 2. The molecule has 0 saturated heterocycles. The molecular weight excluding hydrogens is 324 g/mol. The van der Waals surface area contributed by atoms with Crippen LogP contribution in [-0.2, 0) is 4.74 Å². The van der Waals surface area contributed by atoms with Crippen molar-refractivity contribution < 1.29 is 14.9 Å². The van der Waals surface area contributed by atoms with Gasteiger partial charge in [0.25, 0.3) is 0 Å². The molecule has 0 heterocycles. The molecule has 3 unspecified atom stereocenters. The zero-order valence-corrected chi connectivity index (χ0v) is 18.4. The van der Waals surface area contributed by atoms with E-state index in [0.29, 0.717) is 12.5 Å². The lowest BCUT2D eigenvalue weighted by Crippen LogP contribution is -2.23. The molecule has 0 aliphatic heterocycles. The highest BCUT2D eigenvalue weighted by molar-refractivity contribution is 4.61. The molecule has 0 radical (unpaired) electrons. The van der Waals surface area contributed by atoms with Crippen LogP contribution in [-0.4, -0.2) is 36.1 Å². The molecule has 0 aliphatic carbocycles. The molecule has 0 bridgehead atoms. The fourth-order valence-corrected chi connectivity index (χ4v) is 3.54. The number of aliphatic hydroxyl groups is 2. The van der Waals surface area contributed by atoms with Gasteiger partial charge in [-0.1, -0.05) is 92.4 Å². The molecule has 3 nitrogen and oxygen atoms in total. The van der Waals surface area contributed by atoms with Crippen molar-refractivity contribution in [2.75, 3.05) is 19.8 Å². The Morgan fingerprint density at radius 2 is 0.962 bits per heavy atom. The van der Waals surface area contributed by atoms with E-state index in [-0.39, 0.29) is 13.2 Å². The highest BCUT2D eigenvalue weighted by atomic mass is 16.5. The normalized spacial score (nSPS) is 15.6. The Balaban J connectivity index is 3.56. The Kier molecular flexibility index (Phi) is 16.9. The summed E-state index contributed by atoms with van der Waals surface area (Å²) in [6.45, 7) is 12.2. The van der Waals surface area contributed by atoms with Gasteiger partial charge in [0.1, 0.15) is 6.10 Å². The summed E-state index contributed by atoms with van der Waals surface area (Å²) in [6.07, 6.45) is 12.8. The summed E-state index contributed by atoms with van der Waals surface area (Å²) in [5.41, 5.74) is 0. The first-order valence-corrected chi connectivity index (χ1v) is 11.2. The van der Waals surface area contributed by atoms with Gasteiger partial charge >= 0.3 is 0 Å². The van der Waals surface area contributed by atoms with Gasteiger partial charge in [0.15, 0.2) is 0 Å². The van der Waals surface area contributed by atoms with E-state index in [1.165, 1.54) is 57.8 Å². The molecule has 2 N–H and O–H groups in total. The van der Waals surface area contributed by atoms with Crippen LogP contribution >= 0.6 is 0 Å². The van der Waals surface area contributed by atoms with Gasteiger partial charge in [-0.3, -0.25) is 0 Å². The summed E-state index contributed by atoms with van der Waals surface area (Å²) in [7, 11) is 0. The quantitative estimate of drug-likeness (QED) is 0.319. The Bertz CT molecular complexity index is 289. The molecule has 0 spiro atoms. The number of rotatable bonds is 18. The van der Waals surface area contributed by atoms with Crippen LogP contribution in [0, 0.1) is 23.7 Å². The van der Waals surface area contributed by atoms with Crippen LogP contribution in [0.1, 0.15) is 98.8 Å². The highest BCUT2D eigenvalue weighted by Crippen LogP contribution is 2.22. The molecule has 0 aromatic rings. The zero-order chi connectivity index (χ0) is 19.8. The lowest BCUT2D eigenvalue weighted by atomic mass is 9.91. The minimum Gasteiger partial charge on any atom is -0.394 e. The van der Waals surface area contributed by atoms with Crippen molar-refractivity contribution in [2.24, 2.45) is 23.7 Å². The van der Waals surface area contributed by atoms with Crippen molar-refractivity contribution in [1.29, 1.82) is 0 Å². The second-order valence-corrected chi connectivity index (χ2v) is 9.15. The summed E-state index contributed by atoms with van der Waals surface area (Å²) >= 11 is 0. The maximum atomic E-state index is 8.98. The fourth-order valence-electron chi connectivity index (χ4n) is 3.54. The third-order valence-electron chi connectivity index (χ3n) is 5.64. The number of ether oxygens (including phenoxy) is 1. The van der Waals surface area contributed by atoms with Crippen LogP contribution in [0.2, 0.25) is 0 Å². The van der Waals surface area contributed by atoms with Crippen LogP contribution in [0.5, 0.6) is 0 Å². The maximum absolute atomic E-state index is 8.98. The minimum atomic E-state index is -0.407. The van der Waals surface area contributed by atoms with Gasteiger partial charge in [-0.05, 0) is 30.1 Å². The zero-order valence-electron chi connectivity index (χ0n) is 18.4. The average Bonchev–Trinajstić information content (AvgIpc) is 2.58. The second kappa shape index (κ2) is 17.0. The van der Waals surface area contributed by atoms with Crippen LogP contribution in [0.15, 0.2) is 0 Å². The van der Waals surface area contributed by atoms with Crippen molar-refractivity contribution >= 4 is 0 Å². The molecule has 3 heteroatoms. The van der Waals surface area contributed by atoms with E-state index in [2.05, 4.69) is 34.6 Å². The van der Waals surface area contributed by atoms with Crippen molar-refractivity contribution in [3.05, 3.63) is 0 Å². The molecule has 0 aromatic heterocycles. The lowest BCUT2D eigenvalue weighted by Gasteiger charge is -2.17. The molecule has 158 valence electrons. The number of hydrogen-bond acceptors (Lipinski definition) is 3. The van der Waals surface area contributed by atoms with E-state index in [0.717, 1.165) is 24.2 Å². The van der Waals surface area contributed by atoms with Gasteiger partial charge in [-0.15, -0.1) is 0 Å². The number of aliphatic hydroxyl groups excluding tert-OH is 2. The van der Waals surface area contributed by atoms with Crippen molar-refractivity contribution in [2.45, 2.75) is 105 Å². The molecule has 0 rings (SSSR count). The van der Waals surface area contributed by atoms with Gasteiger partial charge in [0.05, 0.1) is 13.2 Å². The SMILES string of the molecule is CC(C)CCCC(C)CCCC(C)CCCC(C)CCOC(CO)CO. The van der Waals surface area contributed by atoms with E-state index in [9.17, 15) is 0 Å². The standard InChI is InChI=1S/C23H48O3/c1-19(2)9-6-10-20(3)11-7-12-21(4)13-8-14-22(5)15-16-26-23(17-24)18-25/h19-25H,6-18H2,1-5H3. The largest absolute Gasteiger partial charge is 0.394 e. The van der Waals surface area contributed by atoms with Crippen molar-refractivity contribution in [3.63, 3.8) is 0 Å². The van der Waals surface area contributed by atoms with Crippen molar-refractivity contribution in [1.82, 2.24) is 0 Å². The molecule has 0 aliphatic rings. The van der Waals surface area contributed by atoms with E-state index < -0.39 is 6.10 Å².